The second-order valence-corrected chi connectivity index (χ2v) is 10.8. The largest absolute Gasteiger partial charge is 0.286 e. The van der Waals surface area contributed by atoms with Gasteiger partial charge in [0.2, 0.25) is 0 Å². The quantitative estimate of drug-likeness (QED) is 0.562. The molecule has 1 aromatic heterocycles. The molecule has 0 bridgehead atoms. The van der Waals surface area contributed by atoms with Gasteiger partial charge in [0.15, 0.2) is 15.5 Å². The molecular formula is C22H21Cl2FN4O3S. The van der Waals surface area contributed by atoms with Crippen molar-refractivity contribution in [1.82, 2.24) is 20.2 Å². The molecule has 2 heterocycles. The van der Waals surface area contributed by atoms with Crippen molar-refractivity contribution >= 4 is 38.9 Å². The number of nitrogens with zero attached hydrogens (tertiary/aromatic N) is 3. The summed E-state index contributed by atoms with van der Waals surface area (Å²) in [6, 6.07) is 11.0. The molecule has 0 saturated carbocycles. The van der Waals surface area contributed by atoms with Crippen molar-refractivity contribution in [3.8, 4) is 16.9 Å². The molecular weight excluding hydrogens is 490 g/mol. The second-order valence-electron chi connectivity index (χ2n) is 7.62. The van der Waals surface area contributed by atoms with Gasteiger partial charge in [0, 0.05) is 29.2 Å². The van der Waals surface area contributed by atoms with Crippen molar-refractivity contribution in [3.63, 3.8) is 0 Å². The van der Waals surface area contributed by atoms with Crippen LogP contribution in [0.25, 0.3) is 16.9 Å². The Balaban J connectivity index is 1.79. The number of sulfone groups is 1. The van der Waals surface area contributed by atoms with Crippen molar-refractivity contribution in [2.45, 2.75) is 13.3 Å². The lowest BCUT2D eigenvalue weighted by Gasteiger charge is -2.26. The van der Waals surface area contributed by atoms with E-state index in [0.717, 1.165) is 5.56 Å². The predicted molar refractivity (Wildman–Crippen MR) is 126 cm³/mol. The van der Waals surface area contributed by atoms with Crippen LogP contribution >= 0.6 is 23.2 Å². The van der Waals surface area contributed by atoms with Crippen LogP contribution in [0.2, 0.25) is 10.0 Å². The van der Waals surface area contributed by atoms with Gasteiger partial charge in [-0.1, -0.05) is 42.3 Å². The topological polar surface area (TPSA) is 84.3 Å². The van der Waals surface area contributed by atoms with Crippen molar-refractivity contribution in [1.29, 1.82) is 0 Å². The van der Waals surface area contributed by atoms with Gasteiger partial charge in [-0.25, -0.2) is 22.5 Å². The molecule has 1 aliphatic heterocycles. The molecule has 0 aliphatic carbocycles. The molecule has 0 atom stereocenters. The van der Waals surface area contributed by atoms with E-state index < -0.39 is 21.6 Å². The molecule has 1 fully saturated rings. The summed E-state index contributed by atoms with van der Waals surface area (Å²) in [6.07, 6.45) is 0.480. The van der Waals surface area contributed by atoms with E-state index in [9.17, 15) is 17.6 Å². The minimum atomic E-state index is -3.08. The van der Waals surface area contributed by atoms with Crippen LogP contribution in [0.5, 0.6) is 0 Å². The molecule has 3 aromatic rings. The smallest absolute Gasteiger partial charge is 0.283 e. The van der Waals surface area contributed by atoms with E-state index in [-0.39, 0.29) is 35.3 Å². The van der Waals surface area contributed by atoms with Gasteiger partial charge in [0.25, 0.3) is 5.91 Å². The highest BCUT2D eigenvalue weighted by Gasteiger charge is 2.28. The average molecular weight is 511 g/mol. The lowest BCUT2D eigenvalue weighted by atomic mass is 10.0. The normalized spacial score (nSPS) is 16.0. The van der Waals surface area contributed by atoms with E-state index in [0.29, 0.717) is 28.4 Å². The first kappa shape index (κ1) is 23.7. The maximum Gasteiger partial charge on any atom is 0.286 e. The number of amides is 1. The van der Waals surface area contributed by atoms with E-state index >= 15 is 0 Å². The summed E-state index contributed by atoms with van der Waals surface area (Å²) >= 11 is 12.4. The molecule has 4 rings (SSSR count). The second kappa shape index (κ2) is 9.42. The minimum absolute atomic E-state index is 0.0242. The van der Waals surface area contributed by atoms with Gasteiger partial charge in [-0.05, 0) is 36.8 Å². The third-order valence-corrected chi connectivity index (χ3v) is 7.58. The maximum absolute atomic E-state index is 13.7. The third kappa shape index (κ3) is 5.06. The van der Waals surface area contributed by atoms with Crippen LogP contribution in [0.1, 0.15) is 23.0 Å². The fourth-order valence-electron chi connectivity index (χ4n) is 3.72. The van der Waals surface area contributed by atoms with Crippen LogP contribution < -0.4 is 5.43 Å². The van der Waals surface area contributed by atoms with Crippen LogP contribution in [0, 0.1) is 5.82 Å². The first-order chi connectivity index (χ1) is 15.7. The minimum Gasteiger partial charge on any atom is -0.283 e. The van der Waals surface area contributed by atoms with E-state index in [2.05, 4.69) is 10.5 Å². The summed E-state index contributed by atoms with van der Waals surface area (Å²) in [6.45, 7) is 2.30. The number of aromatic nitrogens is 2. The van der Waals surface area contributed by atoms with Gasteiger partial charge >= 0.3 is 0 Å². The summed E-state index contributed by atoms with van der Waals surface area (Å²) < 4.78 is 38.6. The summed E-state index contributed by atoms with van der Waals surface area (Å²) in [5.74, 6) is -0.997. The molecule has 1 saturated heterocycles. The number of nitrogens with one attached hydrogen (secondary N) is 1. The summed E-state index contributed by atoms with van der Waals surface area (Å²) in [5.41, 5.74) is 5.42. The molecule has 1 aliphatic rings. The zero-order valence-electron chi connectivity index (χ0n) is 17.7. The van der Waals surface area contributed by atoms with Crippen LogP contribution in [0.3, 0.4) is 0 Å². The molecule has 0 radical (unpaired) electrons. The average Bonchev–Trinajstić information content (AvgIpc) is 3.15. The molecule has 174 valence electrons. The predicted octanol–water partition coefficient (Wildman–Crippen LogP) is 3.92. The number of rotatable bonds is 5. The monoisotopic (exact) mass is 510 g/mol. The van der Waals surface area contributed by atoms with Gasteiger partial charge in [0.05, 0.1) is 27.9 Å². The molecule has 33 heavy (non-hydrogen) atoms. The molecule has 1 amide bonds. The van der Waals surface area contributed by atoms with Gasteiger partial charge in [-0.15, -0.1) is 0 Å². The molecule has 0 spiro atoms. The Labute approximate surface area is 201 Å². The number of hydrogen-bond acceptors (Lipinski definition) is 5. The standard InChI is InChI=1S/C22H21Cl2FN4O3S/c1-2-17-20(22(30)27-28-9-11-33(31,32)12-10-28)26-29(19-8-7-16(25)13-18(19)24)21(17)14-3-5-15(23)6-4-14/h3-8,13H,2,9-12H2,1H3,(H,27,30). The number of hydrazine groups is 1. The van der Waals surface area contributed by atoms with Gasteiger partial charge < -0.3 is 0 Å². The van der Waals surface area contributed by atoms with Crippen molar-refractivity contribution in [3.05, 3.63) is 69.6 Å². The molecule has 7 nitrogen and oxygen atoms in total. The van der Waals surface area contributed by atoms with Crippen LogP contribution in [-0.4, -0.2) is 53.7 Å². The van der Waals surface area contributed by atoms with E-state index in [1.807, 2.05) is 19.1 Å². The van der Waals surface area contributed by atoms with Gasteiger partial charge in [0.1, 0.15) is 5.82 Å². The fraction of sp³-hybridized carbons (Fsp3) is 0.273. The number of carbonyl (C=O) groups excluding carboxylic acids is 1. The molecule has 1 N–H and O–H groups in total. The van der Waals surface area contributed by atoms with Gasteiger partial charge in [-0.3, -0.25) is 10.2 Å². The highest BCUT2D eigenvalue weighted by Crippen LogP contribution is 2.33. The van der Waals surface area contributed by atoms with Crippen molar-refractivity contribution in [2.24, 2.45) is 0 Å². The number of benzene rings is 2. The Hall–Kier alpha value is -2.46. The van der Waals surface area contributed by atoms with E-state index in [1.54, 1.807) is 17.1 Å². The van der Waals surface area contributed by atoms with E-state index in [1.165, 1.54) is 22.9 Å². The van der Waals surface area contributed by atoms with Crippen LogP contribution in [-0.2, 0) is 16.3 Å². The van der Waals surface area contributed by atoms with E-state index in [4.69, 9.17) is 23.2 Å². The molecule has 2 aromatic carbocycles. The summed E-state index contributed by atoms with van der Waals surface area (Å²) in [7, 11) is -3.08. The first-order valence-corrected chi connectivity index (χ1v) is 12.9. The lowest BCUT2D eigenvalue weighted by molar-refractivity contribution is 0.0795. The van der Waals surface area contributed by atoms with Crippen molar-refractivity contribution < 1.29 is 17.6 Å². The summed E-state index contributed by atoms with van der Waals surface area (Å²) in [5, 5.41) is 6.83. The fourth-order valence-corrected chi connectivity index (χ4v) is 5.29. The highest BCUT2D eigenvalue weighted by molar-refractivity contribution is 7.91. The number of hydrogen-bond donors (Lipinski definition) is 1. The third-order valence-electron chi connectivity index (χ3n) is 5.41. The zero-order valence-corrected chi connectivity index (χ0v) is 20.0. The SMILES string of the molecule is CCc1c(C(=O)NN2CCS(=O)(=O)CC2)nn(-c2ccc(F)cc2Cl)c1-c1ccc(Cl)cc1. The maximum atomic E-state index is 13.7. The Morgan fingerprint density at radius 2 is 1.79 bits per heavy atom. The highest BCUT2D eigenvalue weighted by atomic mass is 35.5. The summed E-state index contributed by atoms with van der Waals surface area (Å²) in [4.78, 5) is 13.2. The Kier molecular flexibility index (Phi) is 6.76. The molecule has 11 heteroatoms. The Morgan fingerprint density at radius 3 is 2.39 bits per heavy atom. The Morgan fingerprint density at radius 1 is 1.12 bits per heavy atom. The lowest BCUT2D eigenvalue weighted by Crippen LogP contribution is -2.50. The Bertz CT molecular complexity index is 1300. The zero-order chi connectivity index (χ0) is 23.8. The van der Waals surface area contributed by atoms with Crippen LogP contribution in [0.15, 0.2) is 42.5 Å². The van der Waals surface area contributed by atoms with Crippen LogP contribution in [0.4, 0.5) is 4.39 Å². The van der Waals surface area contributed by atoms with Crippen molar-refractivity contribution in [2.75, 3.05) is 24.6 Å². The molecule has 0 unspecified atom stereocenters. The number of carbonyl (C=O) groups is 1. The number of halogens is 3. The van der Waals surface area contributed by atoms with Gasteiger partial charge in [-0.2, -0.15) is 5.10 Å². The first-order valence-electron chi connectivity index (χ1n) is 10.3.